The molecule has 2 rings (SSSR count). The first-order chi connectivity index (χ1) is 11.3. The highest BCUT2D eigenvalue weighted by atomic mass is 19.2. The topological polar surface area (TPSA) is 86.5 Å². The summed E-state index contributed by atoms with van der Waals surface area (Å²) in [4.78, 5) is 33.9. The molecule has 6 nitrogen and oxygen atoms in total. The number of nitro groups is 1. The Morgan fingerprint density at radius 3 is 2.38 bits per heavy atom. The van der Waals surface area contributed by atoms with Crippen LogP contribution in [0.1, 0.15) is 26.3 Å². The van der Waals surface area contributed by atoms with Gasteiger partial charge in [-0.15, -0.1) is 0 Å². The molecule has 0 saturated carbocycles. The van der Waals surface area contributed by atoms with E-state index in [0.29, 0.717) is 11.6 Å². The molecule has 2 aromatic rings. The number of rotatable bonds is 5. The second-order valence-electron chi connectivity index (χ2n) is 4.89. The molecule has 0 atom stereocenters. The van der Waals surface area contributed by atoms with Crippen LogP contribution in [0.15, 0.2) is 36.4 Å². The molecule has 0 aliphatic rings. The largest absolute Gasteiger partial charge is 0.454 e. The highest BCUT2D eigenvalue weighted by Crippen LogP contribution is 2.20. The van der Waals surface area contributed by atoms with E-state index in [2.05, 4.69) is 0 Å². The van der Waals surface area contributed by atoms with Gasteiger partial charge >= 0.3 is 5.97 Å². The molecule has 2 aromatic carbocycles. The van der Waals surface area contributed by atoms with Gasteiger partial charge < -0.3 is 4.74 Å². The molecule has 0 N–H and O–H groups in total. The minimum atomic E-state index is -1.19. The number of nitrogens with zero attached hydrogens (tertiary/aromatic N) is 1. The van der Waals surface area contributed by atoms with E-state index >= 15 is 0 Å². The Labute approximate surface area is 134 Å². The number of carbonyl (C=O) groups is 2. The molecular weight excluding hydrogens is 324 g/mol. The summed E-state index contributed by atoms with van der Waals surface area (Å²) in [6.07, 6.45) is 0. The van der Waals surface area contributed by atoms with Crippen LogP contribution < -0.4 is 0 Å². The molecule has 24 heavy (non-hydrogen) atoms. The molecule has 0 unspecified atom stereocenters. The maximum atomic E-state index is 13.1. The summed E-state index contributed by atoms with van der Waals surface area (Å²) >= 11 is 0. The zero-order valence-electron chi connectivity index (χ0n) is 12.4. The average Bonchev–Trinajstić information content (AvgIpc) is 2.55. The van der Waals surface area contributed by atoms with E-state index in [4.69, 9.17) is 4.74 Å². The van der Waals surface area contributed by atoms with Gasteiger partial charge in [0.25, 0.3) is 5.69 Å². The fraction of sp³-hybridized carbons (Fsp3) is 0.125. The molecule has 0 saturated heterocycles. The Balaban J connectivity index is 2.07. The monoisotopic (exact) mass is 335 g/mol. The van der Waals surface area contributed by atoms with Gasteiger partial charge in [-0.05, 0) is 31.2 Å². The lowest BCUT2D eigenvalue weighted by Crippen LogP contribution is -2.15. The van der Waals surface area contributed by atoms with E-state index in [9.17, 15) is 28.5 Å². The van der Waals surface area contributed by atoms with Crippen LogP contribution in [-0.2, 0) is 4.74 Å². The fourth-order valence-electron chi connectivity index (χ4n) is 1.90. The second kappa shape index (κ2) is 6.95. The van der Waals surface area contributed by atoms with Crippen molar-refractivity contribution in [3.05, 3.63) is 74.8 Å². The number of halogens is 2. The maximum Gasteiger partial charge on any atom is 0.338 e. The first-order valence-electron chi connectivity index (χ1n) is 6.70. The molecule has 0 heterocycles. The fourth-order valence-corrected chi connectivity index (χ4v) is 1.90. The summed E-state index contributed by atoms with van der Waals surface area (Å²) in [6.45, 7) is 0.811. The van der Waals surface area contributed by atoms with Crippen LogP contribution in [-0.4, -0.2) is 23.3 Å². The summed E-state index contributed by atoms with van der Waals surface area (Å²) < 4.78 is 30.6. The third-order valence-corrected chi connectivity index (χ3v) is 3.22. The Morgan fingerprint density at radius 2 is 1.75 bits per heavy atom. The van der Waals surface area contributed by atoms with Crippen LogP contribution in [0.25, 0.3) is 0 Å². The van der Waals surface area contributed by atoms with Gasteiger partial charge in [-0.2, -0.15) is 0 Å². The zero-order chi connectivity index (χ0) is 17.9. The molecule has 8 heteroatoms. The number of Topliss-reactive ketones (excluding diaryl/α,β-unsaturated/α-hetero) is 1. The molecule has 0 amide bonds. The maximum absolute atomic E-state index is 13.1. The van der Waals surface area contributed by atoms with Gasteiger partial charge in [0.05, 0.1) is 10.5 Å². The number of benzene rings is 2. The SMILES string of the molecule is Cc1ccc(C(=O)OCC(=O)c2ccc(F)c(F)c2)cc1[N+](=O)[O-]. The number of aryl methyl sites for hydroxylation is 1. The van der Waals surface area contributed by atoms with Gasteiger partial charge in [0.2, 0.25) is 0 Å². The number of nitro benzene ring substituents is 1. The van der Waals surface area contributed by atoms with E-state index in [0.717, 1.165) is 18.2 Å². The third kappa shape index (κ3) is 3.78. The normalized spacial score (nSPS) is 10.3. The van der Waals surface area contributed by atoms with Crippen LogP contribution in [0.3, 0.4) is 0 Å². The van der Waals surface area contributed by atoms with Crippen LogP contribution in [0.5, 0.6) is 0 Å². The lowest BCUT2D eigenvalue weighted by atomic mass is 10.1. The molecule has 0 radical (unpaired) electrons. The summed E-state index contributed by atoms with van der Waals surface area (Å²) in [5, 5.41) is 10.8. The van der Waals surface area contributed by atoms with Crippen molar-refractivity contribution in [1.82, 2.24) is 0 Å². The van der Waals surface area contributed by atoms with E-state index in [1.807, 2.05) is 0 Å². The van der Waals surface area contributed by atoms with Crippen molar-refractivity contribution in [2.75, 3.05) is 6.61 Å². The van der Waals surface area contributed by atoms with Crippen LogP contribution in [0.2, 0.25) is 0 Å². The lowest BCUT2D eigenvalue weighted by molar-refractivity contribution is -0.385. The highest BCUT2D eigenvalue weighted by molar-refractivity contribution is 5.99. The third-order valence-electron chi connectivity index (χ3n) is 3.22. The van der Waals surface area contributed by atoms with Gasteiger partial charge in [0.1, 0.15) is 0 Å². The van der Waals surface area contributed by atoms with Crippen molar-refractivity contribution in [2.45, 2.75) is 6.92 Å². The highest BCUT2D eigenvalue weighted by Gasteiger charge is 2.17. The summed E-state index contributed by atoms with van der Waals surface area (Å²) in [5.74, 6) is -3.96. The molecule has 0 fully saturated rings. The first kappa shape index (κ1) is 17.2. The van der Waals surface area contributed by atoms with Gasteiger partial charge in [-0.3, -0.25) is 14.9 Å². The predicted molar refractivity (Wildman–Crippen MR) is 78.8 cm³/mol. The number of carbonyl (C=O) groups excluding carboxylic acids is 2. The molecule has 0 spiro atoms. The van der Waals surface area contributed by atoms with Crippen LogP contribution in [0.4, 0.5) is 14.5 Å². The minimum Gasteiger partial charge on any atom is -0.454 e. The zero-order valence-corrected chi connectivity index (χ0v) is 12.4. The number of ketones is 1. The van der Waals surface area contributed by atoms with Crippen molar-refractivity contribution in [3.63, 3.8) is 0 Å². The second-order valence-corrected chi connectivity index (χ2v) is 4.89. The number of hydrogen-bond acceptors (Lipinski definition) is 5. The Hall–Kier alpha value is -3.16. The van der Waals surface area contributed by atoms with Gasteiger partial charge in [0.15, 0.2) is 24.0 Å². The lowest BCUT2D eigenvalue weighted by Gasteiger charge is -2.05. The van der Waals surface area contributed by atoms with E-state index in [1.165, 1.54) is 19.1 Å². The van der Waals surface area contributed by atoms with E-state index in [1.54, 1.807) is 0 Å². The Morgan fingerprint density at radius 1 is 1.08 bits per heavy atom. The number of ether oxygens (including phenoxy) is 1. The molecule has 0 bridgehead atoms. The van der Waals surface area contributed by atoms with Crippen LogP contribution in [0, 0.1) is 28.7 Å². The minimum absolute atomic E-state index is 0.0922. The van der Waals surface area contributed by atoms with Crippen molar-refractivity contribution in [1.29, 1.82) is 0 Å². The van der Waals surface area contributed by atoms with Crippen molar-refractivity contribution >= 4 is 17.4 Å². The number of esters is 1. The standard InChI is InChI=1S/C16H11F2NO5/c1-9-2-3-11(7-14(9)19(22)23)16(21)24-8-15(20)10-4-5-12(17)13(18)6-10/h2-7H,8H2,1H3. The summed E-state index contributed by atoms with van der Waals surface area (Å²) in [5.41, 5.74) is -0.132. The molecule has 0 aromatic heterocycles. The van der Waals surface area contributed by atoms with Crippen molar-refractivity contribution < 1.29 is 28.0 Å². The van der Waals surface area contributed by atoms with E-state index in [-0.39, 0.29) is 16.8 Å². The molecular formula is C16H11F2NO5. The van der Waals surface area contributed by atoms with Gasteiger partial charge in [-0.25, -0.2) is 13.6 Å². The molecule has 0 aliphatic carbocycles. The van der Waals surface area contributed by atoms with Gasteiger partial charge in [-0.1, -0.05) is 6.07 Å². The average molecular weight is 335 g/mol. The quantitative estimate of drug-likeness (QED) is 0.362. The Bertz CT molecular complexity index is 835. The predicted octanol–water partition coefficient (Wildman–Crippen LogP) is 3.22. The Kier molecular flexibility index (Phi) is 4.98. The summed E-state index contributed by atoms with van der Waals surface area (Å²) in [7, 11) is 0. The van der Waals surface area contributed by atoms with Crippen LogP contribution >= 0.6 is 0 Å². The molecule has 0 aliphatic heterocycles. The van der Waals surface area contributed by atoms with Crippen molar-refractivity contribution in [2.24, 2.45) is 0 Å². The first-order valence-corrected chi connectivity index (χ1v) is 6.70. The molecule has 124 valence electrons. The smallest absolute Gasteiger partial charge is 0.338 e. The number of hydrogen-bond donors (Lipinski definition) is 0. The summed E-state index contributed by atoms with van der Waals surface area (Å²) in [6, 6.07) is 6.29. The van der Waals surface area contributed by atoms with E-state index < -0.39 is 34.9 Å². The van der Waals surface area contributed by atoms with Gasteiger partial charge in [0, 0.05) is 17.2 Å². The van der Waals surface area contributed by atoms with Crippen molar-refractivity contribution in [3.8, 4) is 0 Å².